The lowest BCUT2D eigenvalue weighted by Crippen LogP contribution is -2.27. The maximum absolute atomic E-state index is 9.84. The lowest BCUT2D eigenvalue weighted by Gasteiger charge is -2.20. The van der Waals surface area contributed by atoms with Crippen LogP contribution in [0.3, 0.4) is 0 Å². The summed E-state index contributed by atoms with van der Waals surface area (Å²) in [5.41, 5.74) is 1.25. The Hall–Kier alpha value is -1.06. The molecule has 0 aromatic heterocycles. The number of aliphatic hydroxyl groups is 1. The molecule has 2 N–H and O–H groups in total. The Balaban J connectivity index is 1.93. The predicted octanol–water partition coefficient (Wildman–Crippen LogP) is 2.90. The summed E-state index contributed by atoms with van der Waals surface area (Å²) in [7, 11) is 0. The van der Waals surface area contributed by atoms with E-state index in [9.17, 15) is 5.11 Å². The highest BCUT2D eigenvalue weighted by Gasteiger charge is 2.19. The Labute approximate surface area is 116 Å². The van der Waals surface area contributed by atoms with Gasteiger partial charge in [0.2, 0.25) is 0 Å². The Morgan fingerprint density at radius 3 is 2.95 bits per heavy atom. The minimum atomic E-state index is -0.218. The summed E-state index contributed by atoms with van der Waals surface area (Å²) >= 11 is 0. The standard InChI is InChI=1S/C16H25NO2/c1-12(2)15(18)9-10-17-14-7-5-11-19-16-8-4-3-6-13(14)16/h3-4,6,8,12,14-15,17-18H,5,7,9-11H2,1-2H3. The highest BCUT2D eigenvalue weighted by atomic mass is 16.5. The average Bonchev–Trinajstić information content (AvgIpc) is 2.61. The van der Waals surface area contributed by atoms with Gasteiger partial charge in [-0.15, -0.1) is 0 Å². The Bertz CT molecular complexity index is 392. The van der Waals surface area contributed by atoms with E-state index >= 15 is 0 Å². The van der Waals surface area contributed by atoms with Gasteiger partial charge in [-0.1, -0.05) is 32.0 Å². The quantitative estimate of drug-likeness (QED) is 0.858. The molecule has 19 heavy (non-hydrogen) atoms. The molecule has 0 saturated heterocycles. The van der Waals surface area contributed by atoms with Crippen molar-refractivity contribution in [1.82, 2.24) is 5.32 Å². The van der Waals surface area contributed by atoms with Crippen LogP contribution in [0.1, 0.15) is 44.7 Å². The van der Waals surface area contributed by atoms with Crippen molar-refractivity contribution >= 4 is 0 Å². The number of hydrogen-bond acceptors (Lipinski definition) is 3. The molecule has 1 aliphatic rings. The summed E-state index contributed by atoms with van der Waals surface area (Å²) in [5, 5.41) is 13.4. The molecule has 106 valence electrons. The van der Waals surface area contributed by atoms with Crippen molar-refractivity contribution in [3.63, 3.8) is 0 Å². The number of hydrogen-bond donors (Lipinski definition) is 2. The molecule has 1 aromatic carbocycles. The maximum Gasteiger partial charge on any atom is 0.124 e. The molecule has 0 bridgehead atoms. The van der Waals surface area contributed by atoms with Crippen LogP contribution in [0.15, 0.2) is 24.3 Å². The van der Waals surface area contributed by atoms with Gasteiger partial charge >= 0.3 is 0 Å². The van der Waals surface area contributed by atoms with E-state index in [2.05, 4.69) is 31.3 Å². The minimum absolute atomic E-state index is 0.218. The van der Waals surface area contributed by atoms with Gasteiger partial charge in [0.25, 0.3) is 0 Å². The summed E-state index contributed by atoms with van der Waals surface area (Å²) in [6.07, 6.45) is 2.75. The Morgan fingerprint density at radius 1 is 1.37 bits per heavy atom. The molecule has 0 saturated carbocycles. The van der Waals surface area contributed by atoms with Crippen LogP contribution in [0.5, 0.6) is 5.75 Å². The van der Waals surface area contributed by atoms with Crippen molar-refractivity contribution in [3.8, 4) is 5.75 Å². The predicted molar refractivity (Wildman–Crippen MR) is 77.4 cm³/mol. The van der Waals surface area contributed by atoms with Gasteiger partial charge in [0.15, 0.2) is 0 Å². The van der Waals surface area contributed by atoms with Crippen molar-refractivity contribution in [3.05, 3.63) is 29.8 Å². The largest absolute Gasteiger partial charge is 0.493 e. The number of para-hydroxylation sites is 1. The highest BCUT2D eigenvalue weighted by Crippen LogP contribution is 2.31. The molecule has 1 aromatic rings. The molecule has 0 radical (unpaired) electrons. The first-order valence-electron chi connectivity index (χ1n) is 7.31. The van der Waals surface area contributed by atoms with Gasteiger partial charge in [-0.2, -0.15) is 0 Å². The van der Waals surface area contributed by atoms with Gasteiger partial charge in [0, 0.05) is 11.6 Å². The number of ether oxygens (including phenoxy) is 1. The van der Waals surface area contributed by atoms with Crippen molar-refractivity contribution in [2.75, 3.05) is 13.2 Å². The van der Waals surface area contributed by atoms with Crippen LogP contribution in [-0.2, 0) is 0 Å². The summed E-state index contributed by atoms with van der Waals surface area (Å²) < 4.78 is 5.75. The second kappa shape index (κ2) is 6.92. The third kappa shape index (κ3) is 3.95. The molecule has 1 heterocycles. The molecule has 0 amide bonds. The summed E-state index contributed by atoms with van der Waals surface area (Å²) in [4.78, 5) is 0. The molecule has 3 nitrogen and oxygen atoms in total. The molecular formula is C16H25NO2. The normalized spacial score (nSPS) is 20.5. The van der Waals surface area contributed by atoms with Gasteiger partial charge in [-0.05, 0) is 37.8 Å². The van der Waals surface area contributed by atoms with Crippen LogP contribution in [0, 0.1) is 5.92 Å². The van der Waals surface area contributed by atoms with Gasteiger partial charge < -0.3 is 15.2 Å². The molecule has 3 heteroatoms. The SMILES string of the molecule is CC(C)C(O)CCNC1CCCOc2ccccc21. The molecular weight excluding hydrogens is 238 g/mol. The van der Waals surface area contributed by atoms with Gasteiger partial charge in [0.1, 0.15) is 5.75 Å². The number of fused-ring (bicyclic) bond motifs is 1. The van der Waals surface area contributed by atoms with E-state index in [1.54, 1.807) is 0 Å². The summed E-state index contributed by atoms with van der Waals surface area (Å²) in [6.45, 7) is 5.75. The van der Waals surface area contributed by atoms with Crippen molar-refractivity contribution in [1.29, 1.82) is 0 Å². The molecule has 1 aliphatic heterocycles. The zero-order valence-corrected chi connectivity index (χ0v) is 11.9. The maximum atomic E-state index is 9.84. The number of aliphatic hydroxyl groups excluding tert-OH is 1. The van der Waals surface area contributed by atoms with Crippen LogP contribution in [0.2, 0.25) is 0 Å². The smallest absolute Gasteiger partial charge is 0.124 e. The third-order valence-corrected chi connectivity index (χ3v) is 3.79. The summed E-state index contributed by atoms with van der Waals surface area (Å²) in [6, 6.07) is 8.60. The van der Waals surface area contributed by atoms with Crippen molar-refractivity contribution < 1.29 is 9.84 Å². The lowest BCUT2D eigenvalue weighted by molar-refractivity contribution is 0.115. The number of benzene rings is 1. The fraction of sp³-hybridized carbons (Fsp3) is 0.625. The molecule has 2 atom stereocenters. The van der Waals surface area contributed by atoms with E-state index in [-0.39, 0.29) is 6.10 Å². The van der Waals surface area contributed by atoms with Crippen LogP contribution >= 0.6 is 0 Å². The van der Waals surface area contributed by atoms with Crippen molar-refractivity contribution in [2.45, 2.75) is 45.3 Å². The van der Waals surface area contributed by atoms with E-state index < -0.39 is 0 Å². The highest BCUT2D eigenvalue weighted by molar-refractivity contribution is 5.36. The zero-order chi connectivity index (χ0) is 13.7. The second-order valence-electron chi connectivity index (χ2n) is 5.64. The van der Waals surface area contributed by atoms with E-state index in [0.717, 1.165) is 38.2 Å². The van der Waals surface area contributed by atoms with E-state index in [1.165, 1.54) is 5.56 Å². The van der Waals surface area contributed by atoms with E-state index in [0.29, 0.717) is 12.0 Å². The molecule has 2 unspecified atom stereocenters. The van der Waals surface area contributed by atoms with Crippen molar-refractivity contribution in [2.24, 2.45) is 5.92 Å². The monoisotopic (exact) mass is 263 g/mol. The van der Waals surface area contributed by atoms with Crippen LogP contribution < -0.4 is 10.1 Å². The van der Waals surface area contributed by atoms with Crippen LogP contribution in [0.4, 0.5) is 0 Å². The first-order valence-corrected chi connectivity index (χ1v) is 7.31. The number of rotatable bonds is 5. The third-order valence-electron chi connectivity index (χ3n) is 3.79. The topological polar surface area (TPSA) is 41.5 Å². The molecule has 0 fully saturated rings. The Kier molecular flexibility index (Phi) is 5.23. The van der Waals surface area contributed by atoms with Gasteiger partial charge in [0.05, 0.1) is 12.7 Å². The number of nitrogens with one attached hydrogen (secondary N) is 1. The first-order chi connectivity index (χ1) is 9.18. The molecule has 0 aliphatic carbocycles. The minimum Gasteiger partial charge on any atom is -0.493 e. The summed E-state index contributed by atoms with van der Waals surface area (Å²) in [5.74, 6) is 1.33. The fourth-order valence-corrected chi connectivity index (χ4v) is 2.48. The fourth-order valence-electron chi connectivity index (χ4n) is 2.48. The first kappa shape index (κ1) is 14.4. The van der Waals surface area contributed by atoms with Crippen LogP contribution in [-0.4, -0.2) is 24.4 Å². The second-order valence-corrected chi connectivity index (χ2v) is 5.64. The lowest BCUT2D eigenvalue weighted by atomic mass is 10.0. The zero-order valence-electron chi connectivity index (χ0n) is 11.9. The van der Waals surface area contributed by atoms with E-state index in [1.807, 2.05) is 12.1 Å². The van der Waals surface area contributed by atoms with E-state index in [4.69, 9.17) is 4.74 Å². The molecule has 2 rings (SSSR count). The van der Waals surface area contributed by atoms with Gasteiger partial charge in [-0.25, -0.2) is 0 Å². The van der Waals surface area contributed by atoms with Gasteiger partial charge in [-0.3, -0.25) is 0 Å². The molecule has 0 spiro atoms. The van der Waals surface area contributed by atoms with Crippen LogP contribution in [0.25, 0.3) is 0 Å². The average molecular weight is 263 g/mol. The Morgan fingerprint density at radius 2 is 2.16 bits per heavy atom.